The number of esters is 2. The fraction of sp³-hybridized carbons (Fsp3) is 0.238. The first-order valence-electron chi connectivity index (χ1n) is 8.45. The fourth-order valence-corrected chi connectivity index (χ4v) is 2.42. The lowest BCUT2D eigenvalue weighted by atomic mass is 10.1. The largest absolute Gasteiger partial charge is 0.463 e. The van der Waals surface area contributed by atoms with Gasteiger partial charge in [0, 0.05) is 6.42 Å². The molecule has 2 aromatic rings. The smallest absolute Gasteiger partial charge is 0.344 e. The van der Waals surface area contributed by atoms with Crippen LogP contribution in [-0.4, -0.2) is 31.3 Å². The van der Waals surface area contributed by atoms with E-state index in [9.17, 15) is 9.59 Å². The van der Waals surface area contributed by atoms with Gasteiger partial charge in [0.15, 0.2) is 0 Å². The summed E-state index contributed by atoms with van der Waals surface area (Å²) >= 11 is 0. The van der Waals surface area contributed by atoms with Gasteiger partial charge in [0.1, 0.15) is 18.5 Å². The van der Waals surface area contributed by atoms with Crippen molar-refractivity contribution < 1.29 is 23.8 Å². The van der Waals surface area contributed by atoms with Gasteiger partial charge in [0.05, 0.1) is 12.2 Å². The first-order valence-corrected chi connectivity index (χ1v) is 8.45. The highest BCUT2D eigenvalue weighted by Gasteiger charge is 2.24. The van der Waals surface area contributed by atoms with E-state index in [4.69, 9.17) is 14.2 Å². The molecule has 3 rings (SSSR count). The molecule has 0 spiro atoms. The molecule has 1 aliphatic rings. The number of hydrogen-bond donors (Lipinski definition) is 0. The minimum Gasteiger partial charge on any atom is -0.463 e. The molecule has 0 aliphatic carbocycles. The van der Waals surface area contributed by atoms with E-state index in [-0.39, 0.29) is 12.1 Å². The third-order valence-corrected chi connectivity index (χ3v) is 3.98. The lowest BCUT2D eigenvalue weighted by Crippen LogP contribution is -2.11. The summed E-state index contributed by atoms with van der Waals surface area (Å²) in [5.74, 6) is -0.220. The Morgan fingerprint density at radius 1 is 1.15 bits per heavy atom. The molecule has 1 unspecified atom stereocenters. The molecule has 0 N–H and O–H groups in total. The molecular weight excluding hydrogens is 332 g/mol. The molecule has 0 bridgehead atoms. The van der Waals surface area contributed by atoms with E-state index in [1.165, 1.54) is 0 Å². The van der Waals surface area contributed by atoms with Gasteiger partial charge in [0.2, 0.25) is 0 Å². The SMILES string of the molecule is C=Cc1ccccc1C(=O)Oc1ccc(CCC(=O)OCC2CO2)cc1. The summed E-state index contributed by atoms with van der Waals surface area (Å²) in [5.41, 5.74) is 2.16. The highest BCUT2D eigenvalue weighted by molar-refractivity contribution is 5.94. The van der Waals surface area contributed by atoms with E-state index >= 15 is 0 Å². The van der Waals surface area contributed by atoms with Crippen LogP contribution in [-0.2, 0) is 20.7 Å². The van der Waals surface area contributed by atoms with Crippen molar-refractivity contribution in [1.29, 1.82) is 0 Å². The van der Waals surface area contributed by atoms with Crippen LogP contribution in [0.1, 0.15) is 27.9 Å². The van der Waals surface area contributed by atoms with Crippen LogP contribution in [0.5, 0.6) is 5.75 Å². The highest BCUT2D eigenvalue weighted by atomic mass is 16.6. The molecule has 1 saturated heterocycles. The van der Waals surface area contributed by atoms with Gasteiger partial charge < -0.3 is 14.2 Å². The zero-order valence-corrected chi connectivity index (χ0v) is 14.4. The molecule has 1 atom stereocenters. The molecule has 26 heavy (non-hydrogen) atoms. The van der Waals surface area contributed by atoms with Crippen LogP contribution < -0.4 is 4.74 Å². The number of rotatable bonds is 8. The monoisotopic (exact) mass is 352 g/mol. The normalized spacial score (nSPS) is 15.2. The quantitative estimate of drug-likeness (QED) is 0.414. The molecule has 1 heterocycles. The minimum absolute atomic E-state index is 0.0825. The van der Waals surface area contributed by atoms with E-state index in [2.05, 4.69) is 6.58 Å². The Hall–Kier alpha value is -2.92. The molecule has 5 nitrogen and oxygen atoms in total. The molecular formula is C21H20O5. The van der Waals surface area contributed by atoms with Gasteiger partial charge in [-0.25, -0.2) is 4.79 Å². The molecule has 5 heteroatoms. The predicted molar refractivity (Wildman–Crippen MR) is 97.0 cm³/mol. The molecule has 0 radical (unpaired) electrons. The van der Waals surface area contributed by atoms with Gasteiger partial charge in [-0.05, 0) is 35.7 Å². The van der Waals surface area contributed by atoms with Gasteiger partial charge in [-0.15, -0.1) is 0 Å². The summed E-state index contributed by atoms with van der Waals surface area (Å²) in [4.78, 5) is 23.9. The summed E-state index contributed by atoms with van der Waals surface area (Å²) in [7, 11) is 0. The lowest BCUT2D eigenvalue weighted by molar-refractivity contribution is -0.144. The number of benzene rings is 2. The lowest BCUT2D eigenvalue weighted by Gasteiger charge is -2.08. The van der Waals surface area contributed by atoms with Crippen molar-refractivity contribution in [3.8, 4) is 5.75 Å². The van der Waals surface area contributed by atoms with Crippen LogP contribution in [0.4, 0.5) is 0 Å². The van der Waals surface area contributed by atoms with Crippen LogP contribution in [0.2, 0.25) is 0 Å². The second kappa shape index (κ2) is 8.45. The van der Waals surface area contributed by atoms with Crippen molar-refractivity contribution in [3.63, 3.8) is 0 Å². The molecule has 1 aliphatic heterocycles. The molecule has 0 saturated carbocycles. The Labute approximate surface area is 152 Å². The van der Waals surface area contributed by atoms with E-state index in [0.717, 1.165) is 11.1 Å². The Morgan fingerprint density at radius 2 is 1.88 bits per heavy atom. The molecule has 0 aromatic heterocycles. The summed E-state index contributed by atoms with van der Waals surface area (Å²) in [6.07, 6.45) is 2.57. The Bertz CT molecular complexity index is 790. The second-order valence-corrected chi connectivity index (χ2v) is 5.96. The van der Waals surface area contributed by atoms with Crippen LogP contribution in [0.25, 0.3) is 6.08 Å². The Morgan fingerprint density at radius 3 is 2.58 bits per heavy atom. The second-order valence-electron chi connectivity index (χ2n) is 5.96. The number of hydrogen-bond acceptors (Lipinski definition) is 5. The summed E-state index contributed by atoms with van der Waals surface area (Å²) in [6, 6.07) is 14.2. The zero-order valence-electron chi connectivity index (χ0n) is 14.4. The topological polar surface area (TPSA) is 65.1 Å². The van der Waals surface area contributed by atoms with Crippen molar-refractivity contribution in [1.82, 2.24) is 0 Å². The predicted octanol–water partition coefficient (Wildman–Crippen LogP) is 3.42. The zero-order chi connectivity index (χ0) is 18.4. The van der Waals surface area contributed by atoms with Gasteiger partial charge in [-0.2, -0.15) is 0 Å². The number of epoxide rings is 1. The summed E-state index contributed by atoms with van der Waals surface area (Å²) in [5, 5.41) is 0. The van der Waals surface area contributed by atoms with Gasteiger partial charge >= 0.3 is 11.9 Å². The number of aryl methyl sites for hydroxylation is 1. The minimum atomic E-state index is -0.431. The van der Waals surface area contributed by atoms with E-state index < -0.39 is 5.97 Å². The third kappa shape index (κ3) is 5.04. The Balaban J connectivity index is 1.51. The Kier molecular flexibility index (Phi) is 5.81. The number of ether oxygens (including phenoxy) is 3. The van der Waals surface area contributed by atoms with Gasteiger partial charge in [-0.1, -0.05) is 43.0 Å². The van der Waals surface area contributed by atoms with Crippen LogP contribution in [0, 0.1) is 0 Å². The van der Waals surface area contributed by atoms with Crippen molar-refractivity contribution in [2.45, 2.75) is 18.9 Å². The first-order chi connectivity index (χ1) is 12.7. The van der Waals surface area contributed by atoms with Crippen LogP contribution in [0.3, 0.4) is 0 Å². The van der Waals surface area contributed by atoms with Crippen molar-refractivity contribution in [3.05, 3.63) is 71.8 Å². The summed E-state index contributed by atoms with van der Waals surface area (Å²) < 4.78 is 15.5. The van der Waals surface area contributed by atoms with E-state index in [1.54, 1.807) is 36.4 Å². The van der Waals surface area contributed by atoms with Gasteiger partial charge in [0.25, 0.3) is 0 Å². The highest BCUT2D eigenvalue weighted by Crippen LogP contribution is 2.18. The number of carbonyl (C=O) groups excluding carboxylic acids is 2. The first kappa shape index (κ1) is 17.9. The standard InChI is InChI=1S/C21H20O5/c1-2-16-5-3-4-6-19(16)21(23)26-17-10-7-15(8-11-17)9-12-20(22)25-14-18-13-24-18/h2-8,10-11,18H,1,9,12-14H2. The van der Waals surface area contributed by atoms with Crippen LogP contribution in [0.15, 0.2) is 55.1 Å². The van der Waals surface area contributed by atoms with Crippen molar-refractivity contribution in [2.75, 3.05) is 13.2 Å². The number of carbonyl (C=O) groups is 2. The van der Waals surface area contributed by atoms with Crippen molar-refractivity contribution in [2.24, 2.45) is 0 Å². The average Bonchev–Trinajstić information content (AvgIpc) is 3.50. The third-order valence-electron chi connectivity index (χ3n) is 3.98. The maximum Gasteiger partial charge on any atom is 0.344 e. The maximum atomic E-state index is 12.3. The molecule has 0 amide bonds. The van der Waals surface area contributed by atoms with Crippen molar-refractivity contribution >= 4 is 18.0 Å². The van der Waals surface area contributed by atoms with E-state index in [0.29, 0.717) is 37.4 Å². The van der Waals surface area contributed by atoms with Crippen LogP contribution >= 0.6 is 0 Å². The molecule has 2 aromatic carbocycles. The summed E-state index contributed by atoms with van der Waals surface area (Å²) in [6.45, 7) is 4.71. The molecule has 1 fully saturated rings. The maximum absolute atomic E-state index is 12.3. The van der Waals surface area contributed by atoms with E-state index in [1.807, 2.05) is 18.2 Å². The fourth-order valence-electron chi connectivity index (χ4n) is 2.42. The molecule has 134 valence electrons. The van der Waals surface area contributed by atoms with Gasteiger partial charge in [-0.3, -0.25) is 4.79 Å². The average molecular weight is 352 g/mol.